The molecule has 1 saturated heterocycles. The van der Waals surface area contributed by atoms with Crippen molar-refractivity contribution in [1.29, 1.82) is 0 Å². The Balaban J connectivity index is 1.20. The van der Waals surface area contributed by atoms with Gasteiger partial charge in [-0.2, -0.15) is 11.8 Å². The molecule has 3 aliphatic rings. The molecule has 1 aromatic carbocycles. The van der Waals surface area contributed by atoms with Crippen LogP contribution in [0.2, 0.25) is 0 Å². The van der Waals surface area contributed by atoms with Gasteiger partial charge in [0.1, 0.15) is 0 Å². The number of benzene rings is 1. The minimum atomic E-state index is -0.492. The zero-order chi connectivity index (χ0) is 21.6. The fourth-order valence-electron chi connectivity index (χ4n) is 5.70. The summed E-state index contributed by atoms with van der Waals surface area (Å²) in [5, 5.41) is 21.1. The number of aliphatic hydroxyl groups is 2. The van der Waals surface area contributed by atoms with E-state index >= 15 is 0 Å². The van der Waals surface area contributed by atoms with E-state index in [2.05, 4.69) is 53.9 Å². The van der Waals surface area contributed by atoms with Crippen LogP contribution in [-0.2, 0) is 6.42 Å². The third kappa shape index (κ3) is 6.47. The molecule has 1 heterocycles. The summed E-state index contributed by atoms with van der Waals surface area (Å²) in [5.41, 5.74) is 3.98. The van der Waals surface area contributed by atoms with Gasteiger partial charge in [0.25, 0.3) is 0 Å². The van der Waals surface area contributed by atoms with Crippen molar-refractivity contribution in [3.05, 3.63) is 59.2 Å². The Labute approximate surface area is 192 Å². The number of rotatable bonds is 10. The van der Waals surface area contributed by atoms with Crippen molar-refractivity contribution in [2.75, 3.05) is 31.1 Å². The maximum absolute atomic E-state index is 10.6. The number of thioether (sulfide) groups is 1. The maximum atomic E-state index is 10.6. The minimum Gasteiger partial charge on any atom is -0.392 e. The van der Waals surface area contributed by atoms with Gasteiger partial charge in [0.05, 0.1) is 12.2 Å². The summed E-state index contributed by atoms with van der Waals surface area (Å²) in [6.45, 7) is 5.92. The number of fused-ring (bicyclic) bond motifs is 1. The third-order valence-electron chi connectivity index (χ3n) is 7.35. The van der Waals surface area contributed by atoms with Gasteiger partial charge in [-0.1, -0.05) is 53.6 Å². The molecule has 2 aliphatic carbocycles. The maximum Gasteiger partial charge on any atom is 0.0761 e. The number of allylic oxidation sites excluding steroid dienone is 2. The zero-order valence-electron chi connectivity index (χ0n) is 19.0. The second-order valence-electron chi connectivity index (χ2n) is 9.79. The molecular formula is C27H39NO2S. The van der Waals surface area contributed by atoms with Gasteiger partial charge in [0, 0.05) is 24.6 Å². The first-order chi connectivity index (χ1) is 15.1. The van der Waals surface area contributed by atoms with Gasteiger partial charge in [-0.25, -0.2) is 0 Å². The Morgan fingerprint density at radius 2 is 2.06 bits per heavy atom. The van der Waals surface area contributed by atoms with E-state index in [1.54, 1.807) is 5.57 Å². The summed E-state index contributed by atoms with van der Waals surface area (Å²) in [6.07, 6.45) is 12.3. The monoisotopic (exact) mass is 441 g/mol. The lowest BCUT2D eigenvalue weighted by molar-refractivity contribution is 0.140. The van der Waals surface area contributed by atoms with Gasteiger partial charge >= 0.3 is 0 Å². The lowest BCUT2D eigenvalue weighted by Gasteiger charge is -2.19. The first-order valence-electron chi connectivity index (χ1n) is 12.2. The summed E-state index contributed by atoms with van der Waals surface area (Å²) in [6, 6.07) is 8.33. The van der Waals surface area contributed by atoms with E-state index in [-0.39, 0.29) is 12.0 Å². The SMILES string of the molecule is Cc1cccc(C[C@@H](O)/C=C/[C@@H]2[C@H]3CC(CCSCCN4CCCC4)=C[C@H]3C[C@H]2O)c1. The second kappa shape index (κ2) is 11.2. The van der Waals surface area contributed by atoms with Crippen molar-refractivity contribution in [1.82, 2.24) is 4.90 Å². The molecule has 0 bridgehead atoms. The zero-order valence-corrected chi connectivity index (χ0v) is 19.8. The Kier molecular flexibility index (Phi) is 8.33. The van der Waals surface area contributed by atoms with Crippen LogP contribution >= 0.6 is 11.8 Å². The fraction of sp³-hybridized carbons (Fsp3) is 0.630. The Hall–Kier alpha value is -1.07. The Bertz CT molecular complexity index is 770. The largest absolute Gasteiger partial charge is 0.392 e. The molecule has 1 aromatic rings. The molecule has 1 aliphatic heterocycles. The van der Waals surface area contributed by atoms with Crippen LogP contribution in [0.25, 0.3) is 0 Å². The number of hydrogen-bond donors (Lipinski definition) is 2. The summed E-state index contributed by atoms with van der Waals surface area (Å²) >= 11 is 2.09. The number of aryl methyl sites for hydroxylation is 1. The molecular weight excluding hydrogens is 402 g/mol. The first kappa shape index (κ1) is 23.1. The van der Waals surface area contributed by atoms with Gasteiger partial charge in [-0.15, -0.1) is 0 Å². The van der Waals surface area contributed by atoms with E-state index in [9.17, 15) is 10.2 Å². The van der Waals surface area contributed by atoms with Gasteiger partial charge in [0.2, 0.25) is 0 Å². The van der Waals surface area contributed by atoms with Crippen molar-refractivity contribution >= 4 is 11.8 Å². The normalized spacial score (nSPS) is 29.6. The molecule has 3 nitrogen and oxygen atoms in total. The van der Waals surface area contributed by atoms with Crippen LogP contribution < -0.4 is 0 Å². The van der Waals surface area contributed by atoms with Crippen LogP contribution in [0.3, 0.4) is 0 Å². The highest BCUT2D eigenvalue weighted by atomic mass is 32.2. The lowest BCUT2D eigenvalue weighted by Crippen LogP contribution is -2.22. The predicted octanol–water partition coefficient (Wildman–Crippen LogP) is 4.62. The van der Waals surface area contributed by atoms with Crippen LogP contribution in [-0.4, -0.2) is 58.5 Å². The van der Waals surface area contributed by atoms with Crippen LogP contribution in [0.15, 0.2) is 48.1 Å². The summed E-state index contributed by atoms with van der Waals surface area (Å²) < 4.78 is 0. The highest BCUT2D eigenvalue weighted by Gasteiger charge is 2.43. The molecule has 0 unspecified atom stereocenters. The quantitative estimate of drug-likeness (QED) is 0.411. The third-order valence-corrected chi connectivity index (χ3v) is 8.31. The van der Waals surface area contributed by atoms with Crippen LogP contribution in [0.4, 0.5) is 0 Å². The van der Waals surface area contributed by atoms with Crippen molar-refractivity contribution in [2.24, 2.45) is 17.8 Å². The van der Waals surface area contributed by atoms with E-state index in [0.29, 0.717) is 18.3 Å². The first-order valence-corrected chi connectivity index (χ1v) is 13.3. The molecule has 0 spiro atoms. The second-order valence-corrected chi connectivity index (χ2v) is 11.0. The molecule has 2 N–H and O–H groups in total. The van der Waals surface area contributed by atoms with Crippen molar-refractivity contribution in [2.45, 2.75) is 57.7 Å². The Morgan fingerprint density at radius 3 is 2.87 bits per heavy atom. The molecule has 0 amide bonds. The molecule has 5 atom stereocenters. The smallest absolute Gasteiger partial charge is 0.0761 e. The molecule has 0 radical (unpaired) electrons. The van der Waals surface area contributed by atoms with Gasteiger partial charge < -0.3 is 15.1 Å². The van der Waals surface area contributed by atoms with E-state index in [1.807, 2.05) is 12.1 Å². The molecule has 4 heteroatoms. The molecule has 1 saturated carbocycles. The lowest BCUT2D eigenvalue weighted by atomic mass is 9.88. The molecule has 4 rings (SSSR count). The van der Waals surface area contributed by atoms with Crippen LogP contribution in [0.1, 0.15) is 43.2 Å². The van der Waals surface area contributed by atoms with Crippen molar-refractivity contribution in [3.8, 4) is 0 Å². The van der Waals surface area contributed by atoms with Crippen LogP contribution in [0, 0.1) is 24.7 Å². The van der Waals surface area contributed by atoms with Gasteiger partial charge in [0.15, 0.2) is 0 Å². The van der Waals surface area contributed by atoms with Crippen molar-refractivity contribution < 1.29 is 10.2 Å². The highest BCUT2D eigenvalue weighted by molar-refractivity contribution is 7.99. The topological polar surface area (TPSA) is 43.7 Å². The van der Waals surface area contributed by atoms with Crippen molar-refractivity contribution in [3.63, 3.8) is 0 Å². The number of aliphatic hydroxyl groups excluding tert-OH is 2. The van der Waals surface area contributed by atoms with Crippen LogP contribution in [0.5, 0.6) is 0 Å². The predicted molar refractivity (Wildman–Crippen MR) is 131 cm³/mol. The molecule has 0 aromatic heterocycles. The van der Waals surface area contributed by atoms with E-state index in [0.717, 1.165) is 18.4 Å². The Morgan fingerprint density at radius 1 is 1.23 bits per heavy atom. The molecule has 170 valence electrons. The average Bonchev–Trinajstić information content (AvgIpc) is 3.43. The summed E-state index contributed by atoms with van der Waals surface area (Å²) in [5.74, 6) is 3.68. The minimum absolute atomic E-state index is 0.175. The number of nitrogens with zero attached hydrogens (tertiary/aromatic N) is 1. The highest BCUT2D eigenvalue weighted by Crippen LogP contribution is 2.48. The summed E-state index contributed by atoms with van der Waals surface area (Å²) in [7, 11) is 0. The average molecular weight is 442 g/mol. The standard InChI is InChI=1S/C27H39NO2S/c1-20-5-4-6-21(15-20)17-24(29)7-8-25-26-18-22(16-23(26)19-27(25)30)9-13-31-14-12-28-10-2-3-11-28/h4-8,15-16,23-27,29-30H,2-3,9-14,17-19H2,1H3/b8-7+/t23-,24-,25+,26-,27+/m0/s1. The number of hydrogen-bond acceptors (Lipinski definition) is 4. The summed E-state index contributed by atoms with van der Waals surface area (Å²) in [4.78, 5) is 2.60. The molecule has 31 heavy (non-hydrogen) atoms. The fourth-order valence-corrected chi connectivity index (χ4v) is 6.70. The van der Waals surface area contributed by atoms with E-state index in [1.165, 1.54) is 56.0 Å². The van der Waals surface area contributed by atoms with Gasteiger partial charge in [-0.3, -0.25) is 0 Å². The van der Waals surface area contributed by atoms with E-state index in [4.69, 9.17) is 0 Å². The number of likely N-dealkylation sites (tertiary alicyclic amines) is 1. The van der Waals surface area contributed by atoms with E-state index < -0.39 is 6.10 Å². The van der Waals surface area contributed by atoms with Gasteiger partial charge in [-0.05, 0) is 75.3 Å². The molecule has 2 fully saturated rings.